The number of ether oxygens (including phenoxy) is 2. The van der Waals surface area contributed by atoms with E-state index in [1.54, 1.807) is 12.1 Å². The average Bonchev–Trinajstić information content (AvgIpc) is 2.43. The number of phenols is 1. The summed E-state index contributed by atoms with van der Waals surface area (Å²) in [7, 11) is 1.53. The average molecular weight is 286 g/mol. The van der Waals surface area contributed by atoms with Crippen molar-refractivity contribution in [2.75, 3.05) is 26.9 Å². The normalized spacial score (nSPS) is 20.5. The van der Waals surface area contributed by atoms with Crippen LogP contribution < -0.4 is 4.74 Å². The van der Waals surface area contributed by atoms with Crippen LogP contribution in [-0.2, 0) is 11.3 Å². The fourth-order valence-electron chi connectivity index (χ4n) is 2.40. The SMILES string of the molecule is CCC1COCCN1Cc1cc(Cl)cc(OC)c1O. The van der Waals surface area contributed by atoms with Crippen molar-refractivity contribution in [1.29, 1.82) is 0 Å². The monoisotopic (exact) mass is 285 g/mol. The summed E-state index contributed by atoms with van der Waals surface area (Å²) in [5.41, 5.74) is 0.796. The molecule has 1 fully saturated rings. The summed E-state index contributed by atoms with van der Waals surface area (Å²) in [6, 6.07) is 3.80. The molecule has 0 amide bonds. The van der Waals surface area contributed by atoms with Crippen molar-refractivity contribution in [2.45, 2.75) is 25.9 Å². The molecule has 1 aromatic carbocycles. The molecule has 1 aliphatic heterocycles. The van der Waals surface area contributed by atoms with Crippen LogP contribution in [0, 0.1) is 0 Å². The van der Waals surface area contributed by atoms with Gasteiger partial charge in [0, 0.05) is 35.8 Å². The number of hydrogen-bond donors (Lipinski definition) is 1. The van der Waals surface area contributed by atoms with E-state index in [1.165, 1.54) is 7.11 Å². The Bertz CT molecular complexity index is 439. The zero-order valence-corrected chi connectivity index (χ0v) is 12.1. The maximum Gasteiger partial charge on any atom is 0.162 e. The van der Waals surface area contributed by atoms with Gasteiger partial charge in [-0.1, -0.05) is 18.5 Å². The van der Waals surface area contributed by atoms with Crippen molar-refractivity contribution >= 4 is 11.6 Å². The molecule has 5 heteroatoms. The predicted octanol–water partition coefficient (Wildman–Crippen LogP) is 2.67. The van der Waals surface area contributed by atoms with Gasteiger partial charge in [0.1, 0.15) is 0 Å². The number of benzene rings is 1. The zero-order valence-electron chi connectivity index (χ0n) is 11.4. The van der Waals surface area contributed by atoms with Crippen LogP contribution in [0.3, 0.4) is 0 Å². The third kappa shape index (κ3) is 3.32. The first-order valence-corrected chi connectivity index (χ1v) is 6.90. The molecule has 1 unspecified atom stereocenters. The lowest BCUT2D eigenvalue weighted by Gasteiger charge is -2.35. The van der Waals surface area contributed by atoms with Crippen molar-refractivity contribution in [2.24, 2.45) is 0 Å². The minimum atomic E-state index is 0.174. The van der Waals surface area contributed by atoms with Crippen LogP contribution >= 0.6 is 11.6 Å². The van der Waals surface area contributed by atoms with Crippen molar-refractivity contribution in [3.63, 3.8) is 0 Å². The number of halogens is 1. The van der Waals surface area contributed by atoms with Gasteiger partial charge in [-0.15, -0.1) is 0 Å². The lowest BCUT2D eigenvalue weighted by atomic mass is 10.1. The fraction of sp³-hybridized carbons (Fsp3) is 0.571. The molecule has 0 saturated carbocycles. The molecule has 1 aromatic rings. The van der Waals surface area contributed by atoms with Crippen molar-refractivity contribution < 1.29 is 14.6 Å². The molecule has 1 N–H and O–H groups in total. The third-order valence-corrected chi connectivity index (χ3v) is 3.75. The second-order valence-electron chi connectivity index (χ2n) is 4.72. The van der Waals surface area contributed by atoms with Crippen LogP contribution in [0.2, 0.25) is 5.02 Å². The Morgan fingerprint density at radius 1 is 1.53 bits per heavy atom. The van der Waals surface area contributed by atoms with E-state index in [1.807, 2.05) is 0 Å². The lowest BCUT2D eigenvalue weighted by Crippen LogP contribution is -2.44. The molecule has 0 aliphatic carbocycles. The molecule has 4 nitrogen and oxygen atoms in total. The highest BCUT2D eigenvalue weighted by Gasteiger charge is 2.23. The Morgan fingerprint density at radius 2 is 2.32 bits per heavy atom. The van der Waals surface area contributed by atoms with E-state index in [9.17, 15) is 5.11 Å². The van der Waals surface area contributed by atoms with Gasteiger partial charge in [-0.2, -0.15) is 0 Å². The van der Waals surface area contributed by atoms with Crippen molar-refractivity contribution in [3.8, 4) is 11.5 Å². The Hall–Kier alpha value is -0.970. The van der Waals surface area contributed by atoms with Crippen molar-refractivity contribution in [1.82, 2.24) is 4.90 Å². The van der Waals surface area contributed by atoms with Crippen LogP contribution in [0.25, 0.3) is 0 Å². The number of aromatic hydroxyl groups is 1. The topological polar surface area (TPSA) is 41.9 Å². The molecule has 1 atom stereocenters. The minimum absolute atomic E-state index is 0.174. The molecular formula is C14H20ClNO3. The largest absolute Gasteiger partial charge is 0.504 e. The maximum atomic E-state index is 10.2. The van der Waals surface area contributed by atoms with E-state index >= 15 is 0 Å². The molecule has 1 aliphatic rings. The number of morpholine rings is 1. The first kappa shape index (κ1) is 14.4. The molecule has 0 bridgehead atoms. The highest BCUT2D eigenvalue weighted by Crippen LogP contribution is 2.34. The van der Waals surface area contributed by atoms with E-state index in [0.717, 1.165) is 31.7 Å². The molecule has 19 heavy (non-hydrogen) atoms. The number of methoxy groups -OCH3 is 1. The number of nitrogens with zero attached hydrogens (tertiary/aromatic N) is 1. The van der Waals surface area contributed by atoms with Gasteiger partial charge in [0.2, 0.25) is 0 Å². The van der Waals surface area contributed by atoms with Gasteiger partial charge < -0.3 is 14.6 Å². The van der Waals surface area contributed by atoms with Crippen molar-refractivity contribution in [3.05, 3.63) is 22.7 Å². The summed E-state index contributed by atoms with van der Waals surface area (Å²) in [5.74, 6) is 0.594. The Balaban J connectivity index is 2.20. The molecule has 106 valence electrons. The number of rotatable bonds is 4. The van der Waals surface area contributed by atoms with Gasteiger partial charge in [-0.3, -0.25) is 4.90 Å². The van der Waals surface area contributed by atoms with E-state index in [-0.39, 0.29) is 5.75 Å². The van der Waals surface area contributed by atoms with Crippen LogP contribution in [0.5, 0.6) is 11.5 Å². The van der Waals surface area contributed by atoms with Crippen LogP contribution in [0.4, 0.5) is 0 Å². The lowest BCUT2D eigenvalue weighted by molar-refractivity contribution is -0.0130. The third-order valence-electron chi connectivity index (χ3n) is 3.53. The van der Waals surface area contributed by atoms with Crippen LogP contribution in [-0.4, -0.2) is 42.9 Å². The van der Waals surface area contributed by atoms with Gasteiger partial charge in [0.15, 0.2) is 11.5 Å². The van der Waals surface area contributed by atoms with Gasteiger partial charge in [-0.05, 0) is 12.5 Å². The standard InChI is InChI=1S/C14H20ClNO3/c1-3-12-9-19-5-4-16(12)8-10-6-11(15)7-13(18-2)14(10)17/h6-7,12,17H,3-5,8-9H2,1-2H3. The van der Waals surface area contributed by atoms with E-state index < -0.39 is 0 Å². The molecule has 0 aromatic heterocycles. The molecule has 2 rings (SSSR count). The quantitative estimate of drug-likeness (QED) is 0.923. The first-order chi connectivity index (χ1) is 9.15. The van der Waals surface area contributed by atoms with E-state index in [0.29, 0.717) is 23.4 Å². The van der Waals surface area contributed by atoms with Gasteiger partial charge >= 0.3 is 0 Å². The highest BCUT2D eigenvalue weighted by atomic mass is 35.5. The zero-order chi connectivity index (χ0) is 13.8. The summed E-state index contributed by atoms with van der Waals surface area (Å²) >= 11 is 6.05. The van der Waals surface area contributed by atoms with E-state index in [2.05, 4.69) is 11.8 Å². The first-order valence-electron chi connectivity index (χ1n) is 6.52. The minimum Gasteiger partial charge on any atom is -0.504 e. The molecule has 0 radical (unpaired) electrons. The molecular weight excluding hydrogens is 266 g/mol. The summed E-state index contributed by atoms with van der Waals surface area (Å²) in [6.45, 7) is 5.14. The Labute approximate surface area is 118 Å². The predicted molar refractivity (Wildman–Crippen MR) is 75.0 cm³/mol. The summed E-state index contributed by atoms with van der Waals surface area (Å²) in [4.78, 5) is 2.31. The van der Waals surface area contributed by atoms with E-state index in [4.69, 9.17) is 21.1 Å². The Morgan fingerprint density at radius 3 is 3.00 bits per heavy atom. The molecule has 0 spiro atoms. The Kier molecular flexibility index (Phi) is 4.91. The van der Waals surface area contributed by atoms with Gasteiger partial charge in [0.25, 0.3) is 0 Å². The maximum absolute atomic E-state index is 10.2. The highest BCUT2D eigenvalue weighted by molar-refractivity contribution is 6.30. The number of phenolic OH excluding ortho intramolecular Hbond substituents is 1. The smallest absolute Gasteiger partial charge is 0.162 e. The van der Waals surface area contributed by atoms with Gasteiger partial charge in [0.05, 0.1) is 20.3 Å². The fourth-order valence-corrected chi connectivity index (χ4v) is 2.63. The van der Waals surface area contributed by atoms with Gasteiger partial charge in [-0.25, -0.2) is 0 Å². The van der Waals surface area contributed by atoms with Crippen LogP contribution in [0.15, 0.2) is 12.1 Å². The number of hydrogen-bond acceptors (Lipinski definition) is 4. The second-order valence-corrected chi connectivity index (χ2v) is 5.16. The summed E-state index contributed by atoms with van der Waals surface area (Å²) < 4.78 is 10.6. The molecule has 1 heterocycles. The van der Waals surface area contributed by atoms with Crippen LogP contribution in [0.1, 0.15) is 18.9 Å². The molecule has 1 saturated heterocycles. The summed E-state index contributed by atoms with van der Waals surface area (Å²) in [5, 5.41) is 10.7. The second kappa shape index (κ2) is 6.46. The summed E-state index contributed by atoms with van der Waals surface area (Å²) in [6.07, 6.45) is 1.03.